The summed E-state index contributed by atoms with van der Waals surface area (Å²) in [6, 6.07) is 9.95. The van der Waals surface area contributed by atoms with Gasteiger partial charge in [0.2, 0.25) is 6.54 Å². The number of fused-ring (bicyclic) bond motifs is 1. The first-order chi connectivity index (χ1) is 8.08. The lowest BCUT2D eigenvalue weighted by Gasteiger charge is -2.14. The second kappa shape index (κ2) is 4.57. The van der Waals surface area contributed by atoms with E-state index in [2.05, 4.69) is 4.98 Å². The van der Waals surface area contributed by atoms with E-state index in [1.807, 2.05) is 44.2 Å². The van der Waals surface area contributed by atoms with Crippen LogP contribution in [0.3, 0.4) is 0 Å². The standard InChI is InChI=1S/C13H16N2O2/c1-9(2)11(8-15(16)17)13-7-10-5-3-4-6-12(10)14-13/h3-7,9,11,14H,8H2,1-2H3. The molecular formula is C13H16N2O2. The number of H-pyrrole nitrogens is 1. The monoisotopic (exact) mass is 232 g/mol. The number of nitrogens with zero attached hydrogens (tertiary/aromatic N) is 1. The first-order valence-electron chi connectivity index (χ1n) is 5.77. The fraction of sp³-hybridized carbons (Fsp3) is 0.385. The van der Waals surface area contributed by atoms with E-state index in [0.29, 0.717) is 0 Å². The summed E-state index contributed by atoms with van der Waals surface area (Å²) in [7, 11) is 0. The number of benzene rings is 1. The molecule has 1 heterocycles. The summed E-state index contributed by atoms with van der Waals surface area (Å²) in [6.07, 6.45) is 0. The molecule has 90 valence electrons. The van der Waals surface area contributed by atoms with E-state index in [4.69, 9.17) is 0 Å². The minimum atomic E-state index is -0.240. The Labute approximate surface area is 99.8 Å². The first-order valence-corrected chi connectivity index (χ1v) is 5.77. The van der Waals surface area contributed by atoms with Crippen molar-refractivity contribution in [1.82, 2.24) is 4.98 Å². The fourth-order valence-electron chi connectivity index (χ4n) is 2.12. The molecule has 2 aromatic rings. The molecule has 0 spiro atoms. The largest absolute Gasteiger partial charge is 0.358 e. The zero-order chi connectivity index (χ0) is 12.4. The van der Waals surface area contributed by atoms with E-state index in [1.165, 1.54) is 0 Å². The van der Waals surface area contributed by atoms with Crippen molar-refractivity contribution in [1.29, 1.82) is 0 Å². The van der Waals surface area contributed by atoms with E-state index in [-0.39, 0.29) is 23.3 Å². The van der Waals surface area contributed by atoms with Gasteiger partial charge in [0.05, 0.1) is 5.92 Å². The lowest BCUT2D eigenvalue weighted by atomic mass is 9.92. The topological polar surface area (TPSA) is 58.9 Å². The maximum atomic E-state index is 10.7. The van der Waals surface area contributed by atoms with Gasteiger partial charge in [-0.2, -0.15) is 0 Å². The molecule has 0 radical (unpaired) electrons. The Balaban J connectivity index is 2.38. The minimum Gasteiger partial charge on any atom is -0.358 e. The van der Waals surface area contributed by atoms with Gasteiger partial charge in [-0.25, -0.2) is 0 Å². The van der Waals surface area contributed by atoms with Gasteiger partial charge in [0, 0.05) is 16.1 Å². The predicted octanol–water partition coefficient (Wildman–Crippen LogP) is 3.18. The highest BCUT2D eigenvalue weighted by molar-refractivity contribution is 5.80. The van der Waals surface area contributed by atoms with Crippen LogP contribution in [0.5, 0.6) is 0 Å². The molecule has 17 heavy (non-hydrogen) atoms. The van der Waals surface area contributed by atoms with Gasteiger partial charge in [0.1, 0.15) is 0 Å². The maximum Gasteiger partial charge on any atom is 0.212 e. The third kappa shape index (κ3) is 2.46. The smallest absolute Gasteiger partial charge is 0.212 e. The van der Waals surface area contributed by atoms with Crippen LogP contribution in [-0.4, -0.2) is 16.5 Å². The van der Waals surface area contributed by atoms with Crippen LogP contribution in [0.2, 0.25) is 0 Å². The Morgan fingerprint density at radius 1 is 1.35 bits per heavy atom. The van der Waals surface area contributed by atoms with Crippen molar-refractivity contribution in [3.05, 3.63) is 46.1 Å². The fourth-order valence-corrected chi connectivity index (χ4v) is 2.12. The number of hydrogen-bond donors (Lipinski definition) is 1. The van der Waals surface area contributed by atoms with Crippen molar-refractivity contribution in [3.63, 3.8) is 0 Å². The van der Waals surface area contributed by atoms with Crippen LogP contribution in [0.1, 0.15) is 25.5 Å². The van der Waals surface area contributed by atoms with Crippen LogP contribution in [0.15, 0.2) is 30.3 Å². The number of hydrogen-bond acceptors (Lipinski definition) is 2. The molecule has 1 aromatic carbocycles. The third-order valence-electron chi connectivity index (χ3n) is 3.10. The SMILES string of the molecule is CC(C)C(C[N+](=O)[O-])c1cc2ccccc2[nH]1. The average molecular weight is 232 g/mol. The van der Waals surface area contributed by atoms with Gasteiger partial charge in [-0.3, -0.25) is 10.1 Å². The van der Waals surface area contributed by atoms with Gasteiger partial charge < -0.3 is 4.98 Å². The van der Waals surface area contributed by atoms with Gasteiger partial charge in [0.25, 0.3) is 0 Å². The van der Waals surface area contributed by atoms with Crippen molar-refractivity contribution in [2.75, 3.05) is 6.54 Å². The number of aromatic nitrogens is 1. The third-order valence-corrected chi connectivity index (χ3v) is 3.10. The van der Waals surface area contributed by atoms with E-state index >= 15 is 0 Å². The molecule has 4 nitrogen and oxygen atoms in total. The molecule has 1 atom stereocenters. The van der Waals surface area contributed by atoms with Crippen molar-refractivity contribution in [3.8, 4) is 0 Å². The van der Waals surface area contributed by atoms with E-state index in [1.54, 1.807) is 0 Å². The predicted molar refractivity (Wildman–Crippen MR) is 67.7 cm³/mol. The number of rotatable bonds is 4. The Morgan fingerprint density at radius 3 is 2.65 bits per heavy atom. The second-order valence-electron chi connectivity index (χ2n) is 4.68. The highest BCUT2D eigenvalue weighted by Gasteiger charge is 2.23. The van der Waals surface area contributed by atoms with Crippen LogP contribution >= 0.6 is 0 Å². The molecule has 0 fully saturated rings. The molecule has 1 unspecified atom stereocenters. The Bertz CT molecular complexity index is 498. The number of nitro groups is 1. The molecule has 0 amide bonds. The van der Waals surface area contributed by atoms with Gasteiger partial charge >= 0.3 is 0 Å². The minimum absolute atomic E-state index is 0.0233. The molecule has 4 heteroatoms. The summed E-state index contributed by atoms with van der Waals surface area (Å²) in [4.78, 5) is 13.7. The van der Waals surface area contributed by atoms with E-state index in [9.17, 15) is 10.1 Å². The molecule has 0 bridgehead atoms. The zero-order valence-corrected chi connectivity index (χ0v) is 10.0. The van der Waals surface area contributed by atoms with Crippen LogP contribution in [-0.2, 0) is 0 Å². The summed E-state index contributed by atoms with van der Waals surface area (Å²) in [6.45, 7) is 4.00. The van der Waals surface area contributed by atoms with Crippen molar-refractivity contribution < 1.29 is 4.92 Å². The van der Waals surface area contributed by atoms with Gasteiger partial charge in [-0.1, -0.05) is 32.0 Å². The van der Waals surface area contributed by atoms with E-state index < -0.39 is 0 Å². The first kappa shape index (κ1) is 11.6. The Kier molecular flexibility index (Phi) is 3.13. The molecule has 0 aliphatic heterocycles. The Morgan fingerprint density at radius 2 is 2.06 bits per heavy atom. The molecule has 2 rings (SSSR count). The van der Waals surface area contributed by atoms with Gasteiger partial charge in [-0.05, 0) is 23.4 Å². The van der Waals surface area contributed by atoms with Crippen molar-refractivity contribution in [2.45, 2.75) is 19.8 Å². The lowest BCUT2D eigenvalue weighted by Crippen LogP contribution is -2.17. The van der Waals surface area contributed by atoms with Crippen molar-refractivity contribution >= 4 is 10.9 Å². The van der Waals surface area contributed by atoms with Gasteiger partial charge in [0.15, 0.2) is 0 Å². The molecule has 0 aliphatic rings. The summed E-state index contributed by atoms with van der Waals surface area (Å²) >= 11 is 0. The lowest BCUT2D eigenvalue weighted by molar-refractivity contribution is -0.484. The summed E-state index contributed by atoms with van der Waals surface area (Å²) in [5.41, 5.74) is 1.99. The Hall–Kier alpha value is -1.84. The number of para-hydroxylation sites is 1. The normalized spacial score (nSPS) is 13.1. The highest BCUT2D eigenvalue weighted by atomic mass is 16.6. The molecule has 0 aliphatic carbocycles. The highest BCUT2D eigenvalue weighted by Crippen LogP contribution is 2.27. The molecule has 0 saturated carbocycles. The van der Waals surface area contributed by atoms with Crippen molar-refractivity contribution in [2.24, 2.45) is 5.92 Å². The molecule has 1 N–H and O–H groups in total. The molecule has 1 aromatic heterocycles. The van der Waals surface area contributed by atoms with Crippen LogP contribution in [0.25, 0.3) is 10.9 Å². The summed E-state index contributed by atoms with van der Waals surface area (Å²) < 4.78 is 0. The van der Waals surface area contributed by atoms with Gasteiger partial charge in [-0.15, -0.1) is 0 Å². The number of aromatic amines is 1. The zero-order valence-electron chi connectivity index (χ0n) is 10.0. The maximum absolute atomic E-state index is 10.7. The number of nitrogens with one attached hydrogen (secondary N) is 1. The molecule has 0 saturated heterocycles. The van der Waals surface area contributed by atoms with Crippen LogP contribution in [0.4, 0.5) is 0 Å². The average Bonchev–Trinajstić information content (AvgIpc) is 2.68. The quantitative estimate of drug-likeness (QED) is 0.650. The summed E-state index contributed by atoms with van der Waals surface area (Å²) in [5, 5.41) is 11.8. The van der Waals surface area contributed by atoms with Crippen LogP contribution < -0.4 is 0 Å². The van der Waals surface area contributed by atoms with Crippen LogP contribution in [0, 0.1) is 16.0 Å². The second-order valence-corrected chi connectivity index (χ2v) is 4.68. The van der Waals surface area contributed by atoms with E-state index in [0.717, 1.165) is 16.6 Å². The molecular weight excluding hydrogens is 216 g/mol. The summed E-state index contributed by atoms with van der Waals surface area (Å²) in [5.74, 6) is 0.186.